The third kappa shape index (κ3) is 7.85. The largest absolute Gasteiger partial charge is 0.453 e. The molecule has 1 aromatic heterocycles. The van der Waals surface area contributed by atoms with Crippen LogP contribution in [0.4, 0.5) is 32.0 Å². The molecule has 4 rings (SSSR count). The van der Waals surface area contributed by atoms with Crippen LogP contribution in [0.25, 0.3) is 0 Å². The molecule has 2 amide bonds. The van der Waals surface area contributed by atoms with Crippen molar-refractivity contribution in [3.8, 4) is 0 Å². The molecule has 0 unspecified atom stereocenters. The Labute approximate surface area is 264 Å². The fourth-order valence-electron chi connectivity index (χ4n) is 4.71. The van der Waals surface area contributed by atoms with Gasteiger partial charge in [-0.25, -0.2) is 4.68 Å². The van der Waals surface area contributed by atoms with E-state index >= 15 is 0 Å². The molecule has 3 aromatic carbocycles. The van der Waals surface area contributed by atoms with Crippen molar-refractivity contribution in [1.82, 2.24) is 14.8 Å². The van der Waals surface area contributed by atoms with E-state index < -0.39 is 47.8 Å². The molecule has 244 valence electrons. The Morgan fingerprint density at radius 3 is 2.22 bits per heavy atom. The average Bonchev–Trinajstić information content (AvgIpc) is 3.40. The maximum absolute atomic E-state index is 13.5. The summed E-state index contributed by atoms with van der Waals surface area (Å²) in [4.78, 5) is 28.4. The maximum Gasteiger partial charge on any atom is 0.453 e. The van der Waals surface area contributed by atoms with E-state index in [-0.39, 0.29) is 38.7 Å². The molecule has 0 radical (unpaired) electrons. The molecule has 0 aliphatic carbocycles. The van der Waals surface area contributed by atoms with Crippen LogP contribution < -0.4 is 11.1 Å². The Kier molecular flexibility index (Phi) is 9.83. The van der Waals surface area contributed by atoms with Gasteiger partial charge in [-0.3, -0.25) is 9.59 Å². The van der Waals surface area contributed by atoms with E-state index in [1.165, 1.54) is 31.2 Å². The average molecular weight is 668 g/mol. The van der Waals surface area contributed by atoms with Gasteiger partial charge < -0.3 is 15.8 Å². The Bertz CT molecular complexity index is 1750. The summed E-state index contributed by atoms with van der Waals surface area (Å²) in [6, 6.07) is 16.5. The zero-order valence-corrected chi connectivity index (χ0v) is 25.4. The van der Waals surface area contributed by atoms with Gasteiger partial charge in [-0.2, -0.15) is 31.3 Å². The molecular formula is C31H28ClF6N5O3. The summed E-state index contributed by atoms with van der Waals surface area (Å²) < 4.78 is 85.2. The first-order valence-corrected chi connectivity index (χ1v) is 14.0. The minimum Gasteiger partial charge on any atom is -0.376 e. The van der Waals surface area contributed by atoms with Gasteiger partial charge in [0.2, 0.25) is 11.7 Å². The van der Waals surface area contributed by atoms with Crippen LogP contribution >= 0.6 is 11.6 Å². The van der Waals surface area contributed by atoms with Gasteiger partial charge in [0.1, 0.15) is 0 Å². The minimum atomic E-state index is -5.19. The number of halogens is 7. The molecule has 3 N–H and O–H groups in total. The van der Waals surface area contributed by atoms with Crippen LogP contribution in [-0.2, 0) is 35.7 Å². The molecule has 4 aromatic rings. The Balaban J connectivity index is 1.58. The van der Waals surface area contributed by atoms with Gasteiger partial charge in [-0.15, -0.1) is 5.10 Å². The highest BCUT2D eigenvalue weighted by atomic mass is 35.5. The van der Waals surface area contributed by atoms with Crippen LogP contribution in [0.1, 0.15) is 68.5 Å². The number of nitrogens with zero attached hydrogens (tertiary/aromatic N) is 3. The van der Waals surface area contributed by atoms with E-state index in [9.17, 15) is 35.9 Å². The lowest BCUT2D eigenvalue weighted by atomic mass is 9.83. The summed E-state index contributed by atoms with van der Waals surface area (Å²) in [5.41, 5.74) is 6.66. The molecule has 0 saturated heterocycles. The molecule has 0 spiro atoms. The molecule has 8 nitrogen and oxygen atoms in total. The number of rotatable bonds is 10. The molecule has 0 fully saturated rings. The van der Waals surface area contributed by atoms with Gasteiger partial charge in [0.25, 0.3) is 11.7 Å². The van der Waals surface area contributed by atoms with E-state index in [2.05, 4.69) is 15.4 Å². The van der Waals surface area contributed by atoms with Gasteiger partial charge in [0.05, 0.1) is 35.9 Å². The lowest BCUT2D eigenvalue weighted by Gasteiger charge is -2.27. The van der Waals surface area contributed by atoms with Crippen molar-refractivity contribution >= 4 is 29.1 Å². The minimum absolute atomic E-state index is 0.0253. The number of carbonyl (C=O) groups excluding carboxylic acids is 2. The highest BCUT2D eigenvalue weighted by molar-refractivity contribution is 6.36. The number of alkyl halides is 6. The van der Waals surface area contributed by atoms with Crippen LogP contribution in [0.3, 0.4) is 0 Å². The molecule has 0 saturated carbocycles. The summed E-state index contributed by atoms with van der Waals surface area (Å²) in [5, 5.41) is 5.61. The zero-order chi connectivity index (χ0) is 34.0. The predicted molar refractivity (Wildman–Crippen MR) is 157 cm³/mol. The van der Waals surface area contributed by atoms with Crippen LogP contribution in [0.2, 0.25) is 5.02 Å². The van der Waals surface area contributed by atoms with Crippen molar-refractivity contribution in [3.05, 3.63) is 111 Å². The number of aryl methyl sites for hydroxylation is 1. The Morgan fingerprint density at radius 2 is 1.63 bits per heavy atom. The van der Waals surface area contributed by atoms with Crippen LogP contribution in [0.15, 0.2) is 60.7 Å². The first-order chi connectivity index (χ1) is 21.4. The van der Waals surface area contributed by atoms with Gasteiger partial charge in [0, 0.05) is 11.1 Å². The van der Waals surface area contributed by atoms with Crippen molar-refractivity contribution in [2.45, 2.75) is 51.7 Å². The van der Waals surface area contributed by atoms with Gasteiger partial charge in [-0.1, -0.05) is 74.0 Å². The number of carbonyl (C=O) groups is 2. The number of hydrogen-bond acceptors (Lipinski definition) is 5. The first-order valence-electron chi connectivity index (χ1n) is 13.6. The number of anilines is 1. The van der Waals surface area contributed by atoms with Crippen molar-refractivity contribution in [2.24, 2.45) is 5.73 Å². The topological polar surface area (TPSA) is 112 Å². The second-order valence-corrected chi connectivity index (χ2v) is 11.5. The fourth-order valence-corrected chi connectivity index (χ4v) is 5.21. The summed E-state index contributed by atoms with van der Waals surface area (Å²) in [6.45, 7) is 5.09. The van der Waals surface area contributed by atoms with Gasteiger partial charge in [-0.05, 0) is 41.3 Å². The SMILES string of the molecule is Cc1cc(Cn2nc(C(F)(F)F)nc2C(F)(F)F)ccc1NC(=O)c1c(C(N)=O)ccc(C(C)(C)COCc2ccccc2)c1Cl. The lowest BCUT2D eigenvalue weighted by molar-refractivity contribution is -0.150. The van der Waals surface area contributed by atoms with E-state index in [1.54, 1.807) is 6.07 Å². The van der Waals surface area contributed by atoms with Crippen molar-refractivity contribution < 1.29 is 40.7 Å². The number of hydrogen-bond donors (Lipinski definition) is 2. The molecule has 1 heterocycles. The van der Waals surface area contributed by atoms with E-state index in [4.69, 9.17) is 22.1 Å². The fraction of sp³-hybridized carbons (Fsp3) is 0.290. The molecule has 0 atom stereocenters. The normalized spacial score (nSPS) is 12.3. The maximum atomic E-state index is 13.5. The third-order valence-corrected chi connectivity index (χ3v) is 7.38. The molecular weight excluding hydrogens is 640 g/mol. The van der Waals surface area contributed by atoms with Crippen LogP contribution in [-0.4, -0.2) is 33.2 Å². The number of nitrogens with one attached hydrogen (secondary N) is 1. The second kappa shape index (κ2) is 13.1. The van der Waals surface area contributed by atoms with Gasteiger partial charge >= 0.3 is 12.4 Å². The number of benzene rings is 3. The number of primary amides is 1. The number of nitrogens with two attached hydrogens (primary N) is 1. The standard InChI is InChI=1S/C31H28ClF6N5O3/c1-17-13-19(14-43-28(31(36,37)38)41-27(42-43)30(33,34)35)9-12-22(17)40-26(45)23-20(25(39)44)10-11-21(24(23)32)29(2,3)16-46-15-18-7-5-4-6-8-18/h4-13H,14-16H2,1-3H3,(H2,39,44)(H,40,45). The summed E-state index contributed by atoms with van der Waals surface area (Å²) in [7, 11) is 0. The van der Waals surface area contributed by atoms with E-state index in [0.717, 1.165) is 5.56 Å². The number of ether oxygens (including phenoxy) is 1. The summed E-state index contributed by atoms with van der Waals surface area (Å²) >= 11 is 6.73. The van der Waals surface area contributed by atoms with E-state index in [0.29, 0.717) is 17.7 Å². The number of aromatic nitrogens is 3. The van der Waals surface area contributed by atoms with E-state index in [1.807, 2.05) is 44.2 Å². The smallest absolute Gasteiger partial charge is 0.376 e. The quantitative estimate of drug-likeness (QED) is 0.174. The molecule has 46 heavy (non-hydrogen) atoms. The molecule has 0 aliphatic heterocycles. The molecule has 15 heteroatoms. The van der Waals surface area contributed by atoms with Crippen molar-refractivity contribution in [3.63, 3.8) is 0 Å². The lowest BCUT2D eigenvalue weighted by Crippen LogP contribution is -2.28. The van der Waals surface area contributed by atoms with Crippen LogP contribution in [0, 0.1) is 6.92 Å². The number of amides is 2. The van der Waals surface area contributed by atoms with Gasteiger partial charge in [0.15, 0.2) is 0 Å². The zero-order valence-electron chi connectivity index (χ0n) is 24.7. The highest BCUT2D eigenvalue weighted by Gasteiger charge is 2.44. The molecule has 0 bridgehead atoms. The van der Waals surface area contributed by atoms with Crippen LogP contribution in [0.5, 0.6) is 0 Å². The Morgan fingerprint density at radius 1 is 0.957 bits per heavy atom. The first kappa shape index (κ1) is 34.4. The third-order valence-electron chi connectivity index (χ3n) is 6.99. The molecule has 0 aliphatic rings. The predicted octanol–water partition coefficient (Wildman–Crippen LogP) is 7.17. The summed E-state index contributed by atoms with van der Waals surface area (Å²) in [6.07, 6.45) is -10.4. The highest BCUT2D eigenvalue weighted by Crippen LogP contribution is 2.36. The monoisotopic (exact) mass is 667 g/mol. The Hall–Kier alpha value is -4.43. The van der Waals surface area contributed by atoms with Crippen molar-refractivity contribution in [1.29, 1.82) is 0 Å². The summed E-state index contributed by atoms with van der Waals surface area (Å²) in [5.74, 6) is -5.43. The van der Waals surface area contributed by atoms with Crippen molar-refractivity contribution in [2.75, 3.05) is 11.9 Å². The second-order valence-electron chi connectivity index (χ2n) is 11.1.